The predicted octanol–water partition coefficient (Wildman–Crippen LogP) is 5.89. The van der Waals surface area contributed by atoms with Crippen LogP contribution in [-0.2, 0) is 0 Å². The van der Waals surface area contributed by atoms with Gasteiger partial charge in [-0.25, -0.2) is 0 Å². The van der Waals surface area contributed by atoms with Gasteiger partial charge in [0.1, 0.15) is 0 Å². The molecule has 0 rings (SSSR count). The summed E-state index contributed by atoms with van der Waals surface area (Å²) in [6.07, 6.45) is -3.14. The van der Waals surface area contributed by atoms with Gasteiger partial charge in [-0.15, -0.1) is 99.7 Å². The van der Waals surface area contributed by atoms with E-state index in [9.17, 15) is 0 Å². The Morgan fingerprint density at radius 3 is 1.17 bits per heavy atom. The molecular weight excluding hydrogens is 476 g/mol. The minimum atomic E-state index is -3.14. The van der Waals surface area contributed by atoms with Crippen molar-refractivity contribution in [1.82, 2.24) is 4.89 Å². The fraction of sp³-hybridized carbons (Fsp3) is 1.00. The third-order valence-electron chi connectivity index (χ3n) is 2.44. The number of hydrogen-bond acceptors (Lipinski definition) is 1. The molecule has 0 amide bonds. The van der Waals surface area contributed by atoms with Gasteiger partial charge in [-0.3, -0.25) is 0 Å². The Bertz CT molecular complexity index is 254. The van der Waals surface area contributed by atoms with E-state index < -0.39 is 25.0 Å². The lowest BCUT2D eigenvalue weighted by molar-refractivity contribution is 1.13. The number of halogens is 9. The highest BCUT2D eigenvalue weighted by molar-refractivity contribution is 7.70. The van der Waals surface area contributed by atoms with Crippen LogP contribution in [0.4, 0.5) is 0 Å². The zero-order valence-corrected chi connectivity index (χ0v) is 18.9. The number of rotatable bonds is 6. The van der Waals surface area contributed by atoms with Gasteiger partial charge in [0.25, 0.3) is 0 Å². The first kappa shape index (κ1) is 21.3. The Kier molecular flexibility index (Phi) is 9.12. The fourth-order valence-corrected chi connectivity index (χ4v) is 7.82. The molecule has 0 radical (unpaired) electrons. The third kappa shape index (κ3) is 8.06. The molecule has 0 aromatic rings. The topological polar surface area (TPSA) is 12.0 Å². The van der Waals surface area contributed by atoms with Gasteiger partial charge < -0.3 is 4.89 Å². The normalized spacial score (nSPS) is 17.5. The molecule has 108 valence electrons. The molecule has 1 nitrogen and oxygen atoms in total. The number of hydrogen-bond donors (Lipinski definition) is 1. The Labute approximate surface area is 153 Å². The van der Waals surface area contributed by atoms with Gasteiger partial charge in [0.2, 0.25) is 6.85 Å². The van der Waals surface area contributed by atoms with E-state index in [2.05, 4.69) is 4.89 Å². The van der Waals surface area contributed by atoms with E-state index in [0.717, 1.165) is 0 Å². The molecule has 0 aliphatic carbocycles. The van der Waals surface area contributed by atoms with Crippen LogP contribution in [0.5, 0.6) is 0 Å². The summed E-state index contributed by atoms with van der Waals surface area (Å²) >= 11 is 53.6. The first-order valence-corrected chi connectivity index (χ1v) is 19.9. The Balaban J connectivity index is 5.19. The van der Waals surface area contributed by atoms with E-state index in [-0.39, 0.29) is 10.9 Å². The van der Waals surface area contributed by atoms with Gasteiger partial charge in [-0.2, -0.15) is 0 Å². The standard InChI is InChI=1S/C4H9BCl9NSi3/c1-3(16(6,7)8)5(15-18(12,13)14)4(2)17(9,10)11/h3-4,15H,1-2H3. The van der Waals surface area contributed by atoms with Crippen molar-refractivity contribution in [1.29, 1.82) is 0 Å². The maximum Gasteiger partial charge on any atom is 0.410 e. The van der Waals surface area contributed by atoms with Crippen molar-refractivity contribution in [2.45, 2.75) is 24.7 Å². The minimum Gasteiger partial charge on any atom is -0.342 e. The van der Waals surface area contributed by atoms with Crippen LogP contribution in [-0.4, -0.2) is 25.0 Å². The molecule has 14 heteroatoms. The Hall–Kier alpha value is 3.29. The van der Waals surface area contributed by atoms with Crippen molar-refractivity contribution in [2.75, 3.05) is 0 Å². The van der Waals surface area contributed by atoms with Crippen LogP contribution in [0.3, 0.4) is 0 Å². The van der Waals surface area contributed by atoms with Crippen LogP contribution in [0.2, 0.25) is 10.9 Å². The second kappa shape index (κ2) is 7.71. The van der Waals surface area contributed by atoms with Gasteiger partial charge >= 0.3 is 18.2 Å². The highest BCUT2D eigenvalue weighted by Crippen LogP contribution is 2.44. The summed E-state index contributed by atoms with van der Waals surface area (Å²) in [5.41, 5.74) is -0.715. The van der Waals surface area contributed by atoms with Crippen LogP contribution >= 0.6 is 99.7 Å². The largest absolute Gasteiger partial charge is 0.410 e. The van der Waals surface area contributed by atoms with Crippen molar-refractivity contribution < 1.29 is 0 Å². The Morgan fingerprint density at radius 2 is 1.00 bits per heavy atom. The summed E-state index contributed by atoms with van der Waals surface area (Å²) in [4.78, 5) is 2.87. The summed E-state index contributed by atoms with van der Waals surface area (Å²) in [6.45, 7) is 3.05. The smallest absolute Gasteiger partial charge is 0.342 e. The van der Waals surface area contributed by atoms with Crippen LogP contribution in [0.1, 0.15) is 13.8 Å². The maximum absolute atomic E-state index is 6.00. The number of nitrogens with one attached hydrogen (secondary N) is 1. The van der Waals surface area contributed by atoms with Crippen LogP contribution in [0.15, 0.2) is 0 Å². The van der Waals surface area contributed by atoms with E-state index in [1.54, 1.807) is 13.8 Å². The second-order valence-electron chi connectivity index (χ2n) is 3.83. The molecule has 2 atom stereocenters. The molecule has 0 aliphatic rings. The second-order valence-corrected chi connectivity index (χ2v) is 30.2. The van der Waals surface area contributed by atoms with Gasteiger partial charge in [0.05, 0.1) is 0 Å². The molecule has 1 N–H and O–H groups in total. The summed E-state index contributed by atoms with van der Waals surface area (Å²) < 4.78 is 0. The van der Waals surface area contributed by atoms with Gasteiger partial charge in [-0.05, 0) is 10.9 Å². The maximum atomic E-state index is 6.00. The molecule has 0 aliphatic heterocycles. The molecule has 0 heterocycles. The molecule has 0 spiro atoms. The van der Waals surface area contributed by atoms with E-state index in [0.29, 0.717) is 0 Å². The van der Waals surface area contributed by atoms with Crippen LogP contribution in [0, 0.1) is 0 Å². The molecule has 0 aromatic carbocycles. The van der Waals surface area contributed by atoms with Gasteiger partial charge in [0, 0.05) is 0 Å². The molecule has 0 aromatic heterocycles. The quantitative estimate of drug-likeness (QED) is 0.366. The summed E-state index contributed by atoms with van der Waals surface area (Å²) in [7, 11) is 0. The van der Waals surface area contributed by atoms with Crippen molar-refractivity contribution in [3.05, 3.63) is 0 Å². The monoisotopic (exact) mass is 481 g/mol. The molecule has 18 heavy (non-hydrogen) atoms. The molecule has 0 saturated carbocycles. The van der Waals surface area contributed by atoms with E-state index in [4.69, 9.17) is 99.7 Å². The SMILES string of the molecule is CC(B(N[Si](Cl)(Cl)Cl)C(C)[Si](Cl)(Cl)Cl)[Si](Cl)(Cl)Cl. The molecular formula is C4H9BCl9NSi3. The molecule has 0 fully saturated rings. The zero-order chi connectivity index (χ0) is 14.9. The third-order valence-corrected chi connectivity index (χ3v) is 13.1. The lowest BCUT2D eigenvalue weighted by Gasteiger charge is -2.34. The average molecular weight is 485 g/mol. The summed E-state index contributed by atoms with van der Waals surface area (Å²) in [5, 5.41) is 0. The summed E-state index contributed by atoms with van der Waals surface area (Å²) in [5.74, 6) is 0. The van der Waals surface area contributed by atoms with Crippen molar-refractivity contribution in [2.24, 2.45) is 0 Å². The van der Waals surface area contributed by atoms with Gasteiger partial charge in [0.15, 0.2) is 0 Å². The van der Waals surface area contributed by atoms with Crippen LogP contribution < -0.4 is 4.89 Å². The average Bonchev–Trinajstić information content (AvgIpc) is 2.07. The fourth-order valence-electron chi connectivity index (χ4n) is 1.28. The minimum absolute atomic E-state index is 0.358. The van der Waals surface area contributed by atoms with Crippen molar-refractivity contribution in [3.8, 4) is 0 Å². The first-order chi connectivity index (χ1) is 7.66. The summed E-state index contributed by atoms with van der Waals surface area (Å²) in [6, 6.07) is -6.04. The van der Waals surface area contributed by atoms with Gasteiger partial charge in [-0.1, -0.05) is 13.8 Å². The predicted molar refractivity (Wildman–Crippen MR) is 97.7 cm³/mol. The van der Waals surface area contributed by atoms with Crippen molar-refractivity contribution in [3.63, 3.8) is 0 Å². The van der Waals surface area contributed by atoms with Crippen molar-refractivity contribution >= 4 is 125 Å². The lowest BCUT2D eigenvalue weighted by atomic mass is 9.57. The lowest BCUT2D eigenvalue weighted by Crippen LogP contribution is -2.56. The molecule has 2 unspecified atom stereocenters. The van der Waals surface area contributed by atoms with E-state index >= 15 is 0 Å². The zero-order valence-electron chi connectivity index (χ0n) is 9.13. The molecule has 0 saturated heterocycles. The highest BCUT2D eigenvalue weighted by atomic mass is 35.9. The first-order valence-electron chi connectivity index (χ1n) is 4.64. The Morgan fingerprint density at radius 1 is 0.722 bits per heavy atom. The highest BCUT2D eigenvalue weighted by Gasteiger charge is 2.52. The molecule has 0 bridgehead atoms. The van der Waals surface area contributed by atoms with E-state index in [1.807, 2.05) is 0 Å². The van der Waals surface area contributed by atoms with Crippen LogP contribution in [0.25, 0.3) is 0 Å². The van der Waals surface area contributed by atoms with E-state index in [1.165, 1.54) is 0 Å².